The van der Waals surface area contributed by atoms with Gasteiger partial charge in [-0.2, -0.15) is 0 Å². The second kappa shape index (κ2) is 3.59. The molecule has 2 aliphatic carbocycles. The first-order chi connectivity index (χ1) is 7.73. The van der Waals surface area contributed by atoms with Gasteiger partial charge < -0.3 is 5.32 Å². The highest BCUT2D eigenvalue weighted by Gasteiger charge is 2.39. The molecule has 1 aromatic rings. The van der Waals surface area contributed by atoms with Gasteiger partial charge in [0.15, 0.2) is 0 Å². The first-order valence-electron chi connectivity index (χ1n) is 6.51. The van der Waals surface area contributed by atoms with E-state index in [9.17, 15) is 0 Å². The molecule has 1 aromatic carbocycles. The van der Waals surface area contributed by atoms with E-state index in [0.29, 0.717) is 5.41 Å². The van der Waals surface area contributed by atoms with E-state index in [-0.39, 0.29) is 0 Å². The summed E-state index contributed by atoms with van der Waals surface area (Å²) in [5.41, 5.74) is 5.23. The molecule has 2 saturated carbocycles. The van der Waals surface area contributed by atoms with Crippen molar-refractivity contribution < 1.29 is 0 Å². The van der Waals surface area contributed by atoms with Crippen molar-refractivity contribution in [2.45, 2.75) is 50.5 Å². The van der Waals surface area contributed by atoms with Crippen LogP contribution in [0.1, 0.15) is 55.2 Å². The van der Waals surface area contributed by atoms with Gasteiger partial charge in [-0.05, 0) is 60.8 Å². The predicted molar refractivity (Wildman–Crippen MR) is 67.8 cm³/mol. The van der Waals surface area contributed by atoms with Crippen LogP contribution in [0, 0.1) is 0 Å². The molecule has 0 aromatic heterocycles. The number of hydrogen-bond donors (Lipinski definition) is 1. The average molecular weight is 215 g/mol. The Morgan fingerprint density at radius 2 is 2.06 bits per heavy atom. The van der Waals surface area contributed by atoms with Crippen molar-refractivity contribution in [2.24, 2.45) is 0 Å². The molecule has 2 aliphatic rings. The maximum atomic E-state index is 3.28. The van der Waals surface area contributed by atoms with E-state index in [1.807, 2.05) is 7.05 Å². The molecule has 3 rings (SSSR count). The molecular formula is C15H21N. The van der Waals surface area contributed by atoms with E-state index < -0.39 is 0 Å². The van der Waals surface area contributed by atoms with Crippen molar-refractivity contribution in [1.82, 2.24) is 5.32 Å². The van der Waals surface area contributed by atoms with Crippen molar-refractivity contribution in [3.8, 4) is 0 Å². The third-order valence-corrected chi connectivity index (χ3v) is 4.23. The summed E-state index contributed by atoms with van der Waals surface area (Å²) in [4.78, 5) is 0. The smallest absolute Gasteiger partial charge is 0.0205 e. The van der Waals surface area contributed by atoms with Gasteiger partial charge in [-0.15, -0.1) is 0 Å². The molecule has 0 heterocycles. The van der Waals surface area contributed by atoms with E-state index in [4.69, 9.17) is 0 Å². The van der Waals surface area contributed by atoms with Crippen LogP contribution in [0.4, 0.5) is 0 Å². The van der Waals surface area contributed by atoms with Gasteiger partial charge in [0, 0.05) is 6.54 Å². The first-order valence-corrected chi connectivity index (χ1v) is 6.51. The Balaban J connectivity index is 1.95. The van der Waals surface area contributed by atoms with Crippen molar-refractivity contribution >= 4 is 0 Å². The molecular weight excluding hydrogens is 194 g/mol. The minimum absolute atomic E-state index is 0.516. The average Bonchev–Trinajstić information content (AvgIpc) is 3.14. The summed E-state index contributed by atoms with van der Waals surface area (Å²) in [7, 11) is 2.03. The number of benzene rings is 1. The lowest BCUT2D eigenvalue weighted by atomic mass is 9.92. The van der Waals surface area contributed by atoms with Crippen LogP contribution in [0.3, 0.4) is 0 Å². The second-order valence-corrected chi connectivity index (χ2v) is 5.78. The third kappa shape index (κ3) is 1.78. The molecule has 0 spiro atoms. The summed E-state index contributed by atoms with van der Waals surface area (Å²) in [5.74, 6) is 0.866. The summed E-state index contributed by atoms with van der Waals surface area (Å²) >= 11 is 0. The van der Waals surface area contributed by atoms with Crippen LogP contribution in [-0.2, 0) is 12.0 Å². The van der Waals surface area contributed by atoms with Gasteiger partial charge in [-0.3, -0.25) is 0 Å². The molecule has 16 heavy (non-hydrogen) atoms. The van der Waals surface area contributed by atoms with Gasteiger partial charge in [0.1, 0.15) is 0 Å². The minimum atomic E-state index is 0.516. The topological polar surface area (TPSA) is 12.0 Å². The van der Waals surface area contributed by atoms with Gasteiger partial charge >= 0.3 is 0 Å². The number of nitrogens with one attached hydrogen (secondary N) is 1. The molecule has 0 bridgehead atoms. The highest BCUT2D eigenvalue weighted by Crippen LogP contribution is 2.50. The summed E-state index contributed by atoms with van der Waals surface area (Å²) in [6.45, 7) is 3.42. The van der Waals surface area contributed by atoms with Crippen molar-refractivity contribution in [2.75, 3.05) is 7.05 Å². The van der Waals surface area contributed by atoms with Crippen LogP contribution in [0.5, 0.6) is 0 Å². The Hall–Kier alpha value is -0.820. The van der Waals surface area contributed by atoms with Crippen LogP contribution in [0.25, 0.3) is 0 Å². The van der Waals surface area contributed by atoms with Crippen molar-refractivity contribution in [3.05, 3.63) is 34.9 Å². The standard InChI is InChI=1S/C15H21N/c1-15(7-8-15)13-6-5-12(10-16-2)14(9-13)11-3-4-11/h5-6,9,11,16H,3-4,7-8,10H2,1-2H3. The lowest BCUT2D eigenvalue weighted by molar-refractivity contribution is 0.771. The fourth-order valence-corrected chi connectivity index (χ4v) is 2.57. The minimum Gasteiger partial charge on any atom is -0.316 e. The zero-order valence-electron chi connectivity index (χ0n) is 10.3. The highest BCUT2D eigenvalue weighted by atomic mass is 14.8. The zero-order valence-corrected chi connectivity index (χ0v) is 10.3. The fraction of sp³-hybridized carbons (Fsp3) is 0.600. The summed E-state index contributed by atoms with van der Waals surface area (Å²) < 4.78 is 0. The molecule has 0 aliphatic heterocycles. The van der Waals surface area contributed by atoms with Crippen molar-refractivity contribution in [3.63, 3.8) is 0 Å². The molecule has 1 nitrogen and oxygen atoms in total. The Bertz CT molecular complexity index is 400. The molecule has 0 amide bonds. The molecule has 86 valence electrons. The fourth-order valence-electron chi connectivity index (χ4n) is 2.57. The highest BCUT2D eigenvalue weighted by molar-refractivity contribution is 5.41. The summed E-state index contributed by atoms with van der Waals surface area (Å²) in [6.07, 6.45) is 5.55. The number of rotatable bonds is 4. The van der Waals surface area contributed by atoms with Gasteiger partial charge in [0.05, 0.1) is 0 Å². The first kappa shape index (κ1) is 10.3. The molecule has 2 fully saturated rings. The maximum Gasteiger partial charge on any atom is 0.0205 e. The van der Waals surface area contributed by atoms with Crippen molar-refractivity contribution in [1.29, 1.82) is 0 Å². The summed E-state index contributed by atoms with van der Waals surface area (Å²) in [6, 6.07) is 7.20. The maximum absolute atomic E-state index is 3.28. The van der Waals surface area contributed by atoms with Crippen LogP contribution in [0.2, 0.25) is 0 Å². The monoisotopic (exact) mass is 215 g/mol. The van der Waals surface area contributed by atoms with E-state index in [0.717, 1.165) is 12.5 Å². The number of hydrogen-bond acceptors (Lipinski definition) is 1. The molecule has 1 N–H and O–H groups in total. The molecule has 0 saturated heterocycles. The molecule has 0 atom stereocenters. The molecule has 0 radical (unpaired) electrons. The van der Waals surface area contributed by atoms with Crippen LogP contribution >= 0.6 is 0 Å². The van der Waals surface area contributed by atoms with E-state index >= 15 is 0 Å². The predicted octanol–water partition coefficient (Wildman–Crippen LogP) is 3.33. The van der Waals surface area contributed by atoms with Gasteiger partial charge in [0.25, 0.3) is 0 Å². The lowest BCUT2D eigenvalue weighted by Gasteiger charge is -2.14. The molecule has 1 heteroatoms. The molecule has 0 unspecified atom stereocenters. The van der Waals surface area contributed by atoms with Gasteiger partial charge in [-0.25, -0.2) is 0 Å². The Morgan fingerprint density at radius 1 is 1.31 bits per heavy atom. The zero-order chi connectivity index (χ0) is 11.2. The Kier molecular flexibility index (Phi) is 2.32. The van der Waals surface area contributed by atoms with Gasteiger partial charge in [-0.1, -0.05) is 25.1 Å². The van der Waals surface area contributed by atoms with E-state index in [1.54, 1.807) is 11.1 Å². The van der Waals surface area contributed by atoms with Crippen LogP contribution < -0.4 is 5.32 Å². The largest absolute Gasteiger partial charge is 0.316 e. The Morgan fingerprint density at radius 3 is 2.62 bits per heavy atom. The van der Waals surface area contributed by atoms with Crippen LogP contribution in [-0.4, -0.2) is 7.05 Å². The SMILES string of the molecule is CNCc1ccc(C2(C)CC2)cc1C1CC1. The van der Waals surface area contributed by atoms with Gasteiger partial charge in [0.2, 0.25) is 0 Å². The quantitative estimate of drug-likeness (QED) is 0.812. The van der Waals surface area contributed by atoms with E-state index in [2.05, 4.69) is 30.4 Å². The lowest BCUT2D eigenvalue weighted by Crippen LogP contribution is -2.09. The second-order valence-electron chi connectivity index (χ2n) is 5.78. The summed E-state index contributed by atoms with van der Waals surface area (Å²) in [5, 5.41) is 3.28. The Labute approximate surface area is 98.3 Å². The third-order valence-electron chi connectivity index (χ3n) is 4.23. The normalized spacial score (nSPS) is 22.1. The van der Waals surface area contributed by atoms with E-state index in [1.165, 1.54) is 31.2 Å². The van der Waals surface area contributed by atoms with Crippen LogP contribution in [0.15, 0.2) is 18.2 Å².